The van der Waals surface area contributed by atoms with E-state index >= 15 is 0 Å². The summed E-state index contributed by atoms with van der Waals surface area (Å²) in [6.45, 7) is 5.87. The van der Waals surface area contributed by atoms with Crippen LogP contribution in [0.25, 0.3) is 0 Å². The molecule has 1 aliphatic heterocycles. The first-order valence-corrected chi connectivity index (χ1v) is 7.37. The topological polar surface area (TPSA) is 43.8 Å². The lowest BCUT2D eigenvalue weighted by Gasteiger charge is -2.24. The van der Waals surface area contributed by atoms with Gasteiger partial charge in [0.05, 0.1) is 6.54 Å². The number of carbonyl (C=O) groups excluding carboxylic acids is 1. The molecule has 0 aromatic heterocycles. The predicted octanol–water partition coefficient (Wildman–Crippen LogP) is 1.35. The first kappa shape index (κ1) is 15.0. The van der Waals surface area contributed by atoms with E-state index in [2.05, 4.69) is 4.90 Å². The van der Waals surface area contributed by atoms with E-state index in [1.165, 1.54) is 0 Å². The molecule has 1 saturated heterocycles. The Hall–Kier alpha value is -1.39. The lowest BCUT2D eigenvalue weighted by Crippen LogP contribution is -2.39. The Morgan fingerprint density at radius 1 is 1.40 bits per heavy atom. The van der Waals surface area contributed by atoms with Gasteiger partial charge in [-0.3, -0.25) is 9.69 Å². The van der Waals surface area contributed by atoms with Gasteiger partial charge in [0.15, 0.2) is 0 Å². The summed E-state index contributed by atoms with van der Waals surface area (Å²) in [6.07, 6.45) is 0.995. The number of hydrogen-bond acceptors (Lipinski definition) is 3. The van der Waals surface area contributed by atoms with Crippen LogP contribution in [-0.2, 0) is 11.3 Å². The summed E-state index contributed by atoms with van der Waals surface area (Å²) in [5.41, 5.74) is 1.16. The van der Waals surface area contributed by atoms with E-state index in [-0.39, 0.29) is 12.5 Å². The SMILES string of the molecule is CCN(Cc1ccccc1)C(=O)CN1CCC(CO)C1. The van der Waals surface area contributed by atoms with Crippen LogP contribution in [0.3, 0.4) is 0 Å². The minimum Gasteiger partial charge on any atom is -0.396 e. The Labute approximate surface area is 121 Å². The van der Waals surface area contributed by atoms with Crippen molar-refractivity contribution in [1.29, 1.82) is 0 Å². The number of aliphatic hydroxyl groups excluding tert-OH is 1. The van der Waals surface area contributed by atoms with Crippen molar-refractivity contribution in [2.75, 3.05) is 32.8 Å². The van der Waals surface area contributed by atoms with Gasteiger partial charge in [-0.25, -0.2) is 0 Å². The van der Waals surface area contributed by atoms with Crippen molar-refractivity contribution < 1.29 is 9.90 Å². The number of aliphatic hydroxyl groups is 1. The summed E-state index contributed by atoms with van der Waals surface area (Å²) in [4.78, 5) is 16.4. The van der Waals surface area contributed by atoms with Crippen LogP contribution in [0.1, 0.15) is 18.9 Å². The highest BCUT2D eigenvalue weighted by molar-refractivity contribution is 5.78. The maximum atomic E-state index is 12.4. The van der Waals surface area contributed by atoms with Crippen LogP contribution in [0, 0.1) is 5.92 Å². The summed E-state index contributed by atoms with van der Waals surface area (Å²) < 4.78 is 0. The quantitative estimate of drug-likeness (QED) is 0.853. The molecule has 1 aromatic rings. The van der Waals surface area contributed by atoms with Gasteiger partial charge in [-0.15, -0.1) is 0 Å². The van der Waals surface area contributed by atoms with E-state index in [1.54, 1.807) is 0 Å². The number of hydrogen-bond donors (Lipinski definition) is 1. The number of rotatable bonds is 6. The molecule has 0 aliphatic carbocycles. The van der Waals surface area contributed by atoms with Crippen LogP contribution in [0.2, 0.25) is 0 Å². The van der Waals surface area contributed by atoms with Crippen LogP contribution in [0.15, 0.2) is 30.3 Å². The fourth-order valence-electron chi connectivity index (χ4n) is 2.68. The zero-order valence-electron chi connectivity index (χ0n) is 12.2. The molecule has 0 bridgehead atoms. The van der Waals surface area contributed by atoms with E-state index in [0.29, 0.717) is 19.0 Å². The molecule has 1 aromatic carbocycles. The van der Waals surface area contributed by atoms with Gasteiger partial charge in [0.1, 0.15) is 0 Å². The molecule has 2 rings (SSSR count). The summed E-state index contributed by atoms with van der Waals surface area (Å²) in [7, 11) is 0. The van der Waals surface area contributed by atoms with Gasteiger partial charge in [0, 0.05) is 26.2 Å². The van der Waals surface area contributed by atoms with Crippen molar-refractivity contribution in [2.24, 2.45) is 5.92 Å². The summed E-state index contributed by atoms with van der Waals surface area (Å²) in [5, 5.41) is 9.15. The van der Waals surface area contributed by atoms with Gasteiger partial charge in [0.25, 0.3) is 0 Å². The number of likely N-dealkylation sites (tertiary alicyclic amines) is 1. The first-order chi connectivity index (χ1) is 9.72. The molecular formula is C16H24N2O2. The minimum atomic E-state index is 0.176. The Kier molecular flexibility index (Phi) is 5.56. The Balaban J connectivity index is 1.86. The zero-order valence-corrected chi connectivity index (χ0v) is 12.2. The lowest BCUT2D eigenvalue weighted by molar-refractivity contribution is -0.132. The molecule has 4 nitrogen and oxygen atoms in total. The number of amides is 1. The zero-order chi connectivity index (χ0) is 14.4. The maximum absolute atomic E-state index is 12.4. The van der Waals surface area contributed by atoms with E-state index in [1.807, 2.05) is 42.2 Å². The number of likely N-dealkylation sites (N-methyl/N-ethyl adjacent to an activating group) is 1. The minimum absolute atomic E-state index is 0.176. The predicted molar refractivity (Wildman–Crippen MR) is 79.2 cm³/mol. The van der Waals surface area contributed by atoms with Crippen LogP contribution >= 0.6 is 0 Å². The molecule has 1 N–H and O–H groups in total. The highest BCUT2D eigenvalue weighted by Gasteiger charge is 2.24. The number of nitrogens with zero attached hydrogens (tertiary/aromatic N) is 2. The van der Waals surface area contributed by atoms with Crippen LogP contribution in [-0.4, -0.2) is 53.6 Å². The highest BCUT2D eigenvalue weighted by Crippen LogP contribution is 2.15. The average Bonchev–Trinajstić information content (AvgIpc) is 2.93. The van der Waals surface area contributed by atoms with E-state index in [0.717, 1.165) is 31.6 Å². The molecule has 0 saturated carbocycles. The molecular weight excluding hydrogens is 252 g/mol. The van der Waals surface area contributed by atoms with E-state index in [4.69, 9.17) is 5.11 Å². The van der Waals surface area contributed by atoms with Crippen molar-refractivity contribution in [3.05, 3.63) is 35.9 Å². The molecule has 1 unspecified atom stereocenters. The average molecular weight is 276 g/mol. The molecule has 20 heavy (non-hydrogen) atoms. The molecule has 0 radical (unpaired) electrons. The molecule has 1 amide bonds. The van der Waals surface area contributed by atoms with Gasteiger partial charge in [-0.2, -0.15) is 0 Å². The largest absolute Gasteiger partial charge is 0.396 e. The standard InChI is InChI=1S/C16H24N2O2/c1-2-18(11-14-6-4-3-5-7-14)16(20)12-17-9-8-15(10-17)13-19/h3-7,15,19H,2,8-13H2,1H3. The monoisotopic (exact) mass is 276 g/mol. The molecule has 4 heteroatoms. The van der Waals surface area contributed by atoms with Gasteiger partial charge < -0.3 is 10.0 Å². The Morgan fingerprint density at radius 3 is 2.75 bits per heavy atom. The van der Waals surface area contributed by atoms with Gasteiger partial charge >= 0.3 is 0 Å². The van der Waals surface area contributed by atoms with E-state index < -0.39 is 0 Å². The molecule has 110 valence electrons. The fraction of sp³-hybridized carbons (Fsp3) is 0.562. The maximum Gasteiger partial charge on any atom is 0.237 e. The number of benzene rings is 1. The summed E-state index contributed by atoms with van der Waals surface area (Å²) >= 11 is 0. The fourth-order valence-corrected chi connectivity index (χ4v) is 2.68. The Morgan fingerprint density at radius 2 is 2.15 bits per heavy atom. The molecule has 1 heterocycles. The van der Waals surface area contributed by atoms with Gasteiger partial charge in [0.2, 0.25) is 5.91 Å². The van der Waals surface area contributed by atoms with Crippen molar-refractivity contribution in [3.63, 3.8) is 0 Å². The smallest absolute Gasteiger partial charge is 0.237 e. The first-order valence-electron chi connectivity index (χ1n) is 7.37. The Bertz CT molecular complexity index is 422. The van der Waals surface area contributed by atoms with Crippen molar-refractivity contribution in [3.8, 4) is 0 Å². The second kappa shape index (κ2) is 7.41. The molecule has 0 spiro atoms. The van der Waals surface area contributed by atoms with Crippen molar-refractivity contribution in [2.45, 2.75) is 19.9 Å². The third-order valence-corrected chi connectivity index (χ3v) is 3.94. The highest BCUT2D eigenvalue weighted by atomic mass is 16.3. The third kappa shape index (κ3) is 4.05. The van der Waals surface area contributed by atoms with Crippen LogP contribution in [0.4, 0.5) is 0 Å². The summed E-state index contributed by atoms with van der Waals surface area (Å²) in [6, 6.07) is 10.1. The molecule has 1 aliphatic rings. The van der Waals surface area contributed by atoms with Crippen LogP contribution in [0.5, 0.6) is 0 Å². The van der Waals surface area contributed by atoms with Crippen molar-refractivity contribution in [1.82, 2.24) is 9.80 Å². The van der Waals surface area contributed by atoms with E-state index in [9.17, 15) is 4.79 Å². The molecule has 1 fully saturated rings. The van der Waals surface area contributed by atoms with Gasteiger partial charge in [-0.1, -0.05) is 30.3 Å². The number of carbonyl (C=O) groups is 1. The van der Waals surface area contributed by atoms with Gasteiger partial charge in [-0.05, 0) is 31.4 Å². The van der Waals surface area contributed by atoms with Crippen LogP contribution < -0.4 is 0 Å². The normalized spacial score (nSPS) is 19.2. The second-order valence-electron chi connectivity index (χ2n) is 5.47. The lowest BCUT2D eigenvalue weighted by atomic mass is 10.1. The third-order valence-electron chi connectivity index (χ3n) is 3.94. The molecule has 1 atom stereocenters. The second-order valence-corrected chi connectivity index (χ2v) is 5.47. The summed E-state index contributed by atoms with van der Waals surface area (Å²) in [5.74, 6) is 0.516. The van der Waals surface area contributed by atoms with Crippen molar-refractivity contribution >= 4 is 5.91 Å².